The summed E-state index contributed by atoms with van der Waals surface area (Å²) in [5.74, 6) is 0.926. The fourth-order valence-electron chi connectivity index (χ4n) is 2.09. The molecule has 0 aliphatic rings. The lowest BCUT2D eigenvalue weighted by Crippen LogP contribution is -2.41. The molecule has 2 rings (SSSR count). The number of nitrogens with zero attached hydrogens (tertiary/aromatic N) is 4. The molecule has 0 amide bonds. The number of rotatable bonds is 6. The SMILES string of the molecule is CN=C(NCCn1cc(C)cn1)N(C)CCc1cccs1.I. The van der Waals surface area contributed by atoms with Crippen molar-refractivity contribution in [1.29, 1.82) is 0 Å². The highest BCUT2D eigenvalue weighted by Crippen LogP contribution is 2.09. The lowest BCUT2D eigenvalue weighted by molar-refractivity contribution is 0.479. The molecule has 0 bridgehead atoms. The molecule has 22 heavy (non-hydrogen) atoms. The summed E-state index contributed by atoms with van der Waals surface area (Å²) in [6, 6.07) is 4.27. The van der Waals surface area contributed by atoms with Gasteiger partial charge in [0.2, 0.25) is 0 Å². The molecule has 5 nitrogen and oxygen atoms in total. The molecule has 2 heterocycles. The van der Waals surface area contributed by atoms with Gasteiger partial charge in [-0.05, 0) is 30.4 Å². The third-order valence-corrected chi connectivity index (χ3v) is 4.17. The summed E-state index contributed by atoms with van der Waals surface area (Å²) in [6.45, 7) is 4.66. The molecule has 0 atom stereocenters. The molecule has 2 aromatic rings. The summed E-state index contributed by atoms with van der Waals surface area (Å²) in [5, 5.41) is 9.77. The molecule has 0 aliphatic heterocycles. The maximum atomic E-state index is 4.33. The molecule has 7 heteroatoms. The fraction of sp³-hybridized carbons (Fsp3) is 0.467. The van der Waals surface area contributed by atoms with Crippen LogP contribution in [-0.2, 0) is 13.0 Å². The Hall–Kier alpha value is -1.09. The molecule has 2 aromatic heterocycles. The number of aliphatic imine (C=N–C) groups is 1. The van der Waals surface area contributed by atoms with Gasteiger partial charge in [-0.25, -0.2) is 0 Å². The van der Waals surface area contributed by atoms with Gasteiger partial charge in [-0.3, -0.25) is 9.67 Å². The highest BCUT2D eigenvalue weighted by Gasteiger charge is 2.06. The van der Waals surface area contributed by atoms with Gasteiger partial charge >= 0.3 is 0 Å². The van der Waals surface area contributed by atoms with Crippen LogP contribution in [-0.4, -0.2) is 47.8 Å². The van der Waals surface area contributed by atoms with Crippen molar-refractivity contribution in [2.45, 2.75) is 19.9 Å². The average molecular weight is 433 g/mol. The van der Waals surface area contributed by atoms with Gasteiger partial charge in [0, 0.05) is 38.3 Å². The Kier molecular flexibility index (Phi) is 8.47. The van der Waals surface area contributed by atoms with E-state index >= 15 is 0 Å². The van der Waals surface area contributed by atoms with E-state index in [4.69, 9.17) is 0 Å². The van der Waals surface area contributed by atoms with Crippen LogP contribution in [0, 0.1) is 6.92 Å². The van der Waals surface area contributed by atoms with Gasteiger partial charge in [0.05, 0.1) is 12.7 Å². The van der Waals surface area contributed by atoms with Gasteiger partial charge in [0.15, 0.2) is 5.96 Å². The molecule has 0 aliphatic carbocycles. The number of aromatic nitrogens is 2. The van der Waals surface area contributed by atoms with Gasteiger partial charge in [0.1, 0.15) is 0 Å². The van der Waals surface area contributed by atoms with E-state index in [1.54, 1.807) is 11.3 Å². The normalized spacial score (nSPS) is 11.1. The van der Waals surface area contributed by atoms with Crippen LogP contribution in [0.5, 0.6) is 0 Å². The van der Waals surface area contributed by atoms with Gasteiger partial charge in [-0.1, -0.05) is 6.07 Å². The first-order valence-corrected chi connectivity index (χ1v) is 8.00. The quantitative estimate of drug-likeness (QED) is 0.433. The molecule has 0 fully saturated rings. The summed E-state index contributed by atoms with van der Waals surface area (Å²) in [5.41, 5.74) is 1.19. The minimum absolute atomic E-state index is 0. The monoisotopic (exact) mass is 433 g/mol. The molecular formula is C15H24IN5S. The molecule has 0 spiro atoms. The van der Waals surface area contributed by atoms with Crippen molar-refractivity contribution in [1.82, 2.24) is 20.0 Å². The lowest BCUT2D eigenvalue weighted by atomic mass is 10.3. The number of guanidine groups is 1. The number of nitrogens with one attached hydrogen (secondary N) is 1. The first-order valence-electron chi connectivity index (χ1n) is 7.12. The number of hydrogen-bond acceptors (Lipinski definition) is 3. The zero-order chi connectivity index (χ0) is 15.1. The van der Waals surface area contributed by atoms with Crippen LogP contribution in [0.25, 0.3) is 0 Å². The average Bonchev–Trinajstić information content (AvgIpc) is 3.12. The zero-order valence-corrected chi connectivity index (χ0v) is 16.5. The summed E-state index contributed by atoms with van der Waals surface area (Å²) >= 11 is 1.80. The van der Waals surface area contributed by atoms with Crippen LogP contribution in [0.1, 0.15) is 10.4 Å². The summed E-state index contributed by atoms with van der Waals surface area (Å²) in [4.78, 5) is 7.90. The Bertz CT molecular complexity index is 564. The first-order chi connectivity index (χ1) is 10.2. The second-order valence-corrected chi connectivity index (χ2v) is 6.04. The molecule has 0 saturated heterocycles. The highest BCUT2D eigenvalue weighted by atomic mass is 127. The molecule has 122 valence electrons. The third kappa shape index (κ3) is 5.96. The fourth-order valence-corrected chi connectivity index (χ4v) is 2.79. The van der Waals surface area contributed by atoms with Gasteiger partial charge < -0.3 is 10.2 Å². The molecule has 1 N–H and O–H groups in total. The Balaban J connectivity index is 0.00000242. The predicted molar refractivity (Wildman–Crippen MR) is 104 cm³/mol. The summed E-state index contributed by atoms with van der Waals surface area (Å²) in [7, 11) is 3.89. The Morgan fingerprint density at radius 3 is 2.91 bits per heavy atom. The Labute approximate surface area is 153 Å². The van der Waals surface area contributed by atoms with Crippen molar-refractivity contribution in [2.24, 2.45) is 4.99 Å². The first kappa shape index (κ1) is 19.0. The van der Waals surface area contributed by atoms with E-state index in [0.717, 1.165) is 32.0 Å². The smallest absolute Gasteiger partial charge is 0.193 e. The molecule has 0 unspecified atom stereocenters. The molecular weight excluding hydrogens is 409 g/mol. The van der Waals surface area contributed by atoms with Crippen LogP contribution < -0.4 is 5.32 Å². The van der Waals surface area contributed by atoms with Crippen molar-refractivity contribution in [3.05, 3.63) is 40.3 Å². The Morgan fingerprint density at radius 2 is 2.32 bits per heavy atom. The molecule has 0 radical (unpaired) electrons. The van der Waals surface area contributed by atoms with Gasteiger partial charge in [-0.2, -0.15) is 5.10 Å². The number of aryl methyl sites for hydroxylation is 1. The van der Waals surface area contributed by atoms with Crippen molar-refractivity contribution in [3.63, 3.8) is 0 Å². The topological polar surface area (TPSA) is 45.5 Å². The largest absolute Gasteiger partial charge is 0.354 e. The standard InChI is InChI=1S/C15H23N5S.HI/c1-13-11-18-20(12-13)9-7-17-15(16-2)19(3)8-6-14-5-4-10-21-14;/h4-5,10-12H,6-9H2,1-3H3,(H,16,17);1H. The minimum Gasteiger partial charge on any atom is -0.354 e. The number of thiophene rings is 1. The maximum absolute atomic E-state index is 4.33. The number of halogens is 1. The zero-order valence-electron chi connectivity index (χ0n) is 13.3. The van der Waals surface area contributed by atoms with Crippen molar-refractivity contribution < 1.29 is 0 Å². The van der Waals surface area contributed by atoms with Gasteiger partial charge in [0.25, 0.3) is 0 Å². The van der Waals surface area contributed by atoms with E-state index in [-0.39, 0.29) is 24.0 Å². The summed E-state index contributed by atoms with van der Waals surface area (Å²) < 4.78 is 1.95. The van der Waals surface area contributed by atoms with Crippen LogP contribution in [0.3, 0.4) is 0 Å². The van der Waals surface area contributed by atoms with E-state index in [1.165, 1.54) is 10.4 Å². The second-order valence-electron chi connectivity index (χ2n) is 5.01. The maximum Gasteiger partial charge on any atom is 0.193 e. The molecule has 0 aromatic carbocycles. The number of likely N-dealkylation sites (N-methyl/N-ethyl adjacent to an activating group) is 1. The van der Waals surface area contributed by atoms with Crippen LogP contribution in [0.4, 0.5) is 0 Å². The highest BCUT2D eigenvalue weighted by molar-refractivity contribution is 14.0. The van der Waals surface area contributed by atoms with E-state index in [9.17, 15) is 0 Å². The van der Waals surface area contributed by atoms with Crippen LogP contribution in [0.2, 0.25) is 0 Å². The predicted octanol–water partition coefficient (Wildman–Crippen LogP) is 2.62. The third-order valence-electron chi connectivity index (χ3n) is 3.23. The van der Waals surface area contributed by atoms with Gasteiger partial charge in [-0.15, -0.1) is 35.3 Å². The second kappa shape index (κ2) is 9.83. The van der Waals surface area contributed by atoms with Crippen molar-refractivity contribution in [2.75, 3.05) is 27.2 Å². The molecule has 0 saturated carbocycles. The van der Waals surface area contributed by atoms with Crippen LogP contribution >= 0.6 is 35.3 Å². The van der Waals surface area contributed by atoms with E-state index in [0.29, 0.717) is 0 Å². The van der Waals surface area contributed by atoms with E-state index < -0.39 is 0 Å². The Morgan fingerprint density at radius 1 is 1.50 bits per heavy atom. The minimum atomic E-state index is 0. The number of hydrogen-bond donors (Lipinski definition) is 1. The van der Waals surface area contributed by atoms with Crippen molar-refractivity contribution in [3.8, 4) is 0 Å². The van der Waals surface area contributed by atoms with E-state index in [2.05, 4.69) is 44.9 Å². The lowest BCUT2D eigenvalue weighted by Gasteiger charge is -2.21. The van der Waals surface area contributed by atoms with E-state index in [1.807, 2.05) is 31.0 Å². The summed E-state index contributed by atoms with van der Waals surface area (Å²) in [6.07, 6.45) is 4.97. The van der Waals surface area contributed by atoms with Crippen molar-refractivity contribution >= 4 is 41.3 Å². The van der Waals surface area contributed by atoms with Crippen LogP contribution in [0.15, 0.2) is 34.9 Å².